The zero-order valence-corrected chi connectivity index (χ0v) is 40.2. The predicted octanol–water partition coefficient (Wildman–Crippen LogP) is 11.3. The SMILES string of the molecule is CC(C)(C)[Si](C)(C)O[C@@H](CNCCc1cccc(OCCCc2ccc(-c3ccccc3)c(N(C(=O)O)C3CN4CCC3CC4)c2)c1)c1ccc(OCc2ccccc2)c2[nH]c(=O)ccc12. The van der Waals surface area contributed by atoms with Crippen molar-refractivity contribution in [3.05, 3.63) is 160 Å². The van der Waals surface area contributed by atoms with Crippen molar-refractivity contribution in [1.29, 1.82) is 0 Å². The topological polar surface area (TPSA) is 116 Å². The van der Waals surface area contributed by atoms with Gasteiger partial charge in [0, 0.05) is 30.1 Å². The summed E-state index contributed by atoms with van der Waals surface area (Å²) in [5.74, 6) is 1.84. The van der Waals surface area contributed by atoms with Crippen molar-refractivity contribution in [3.63, 3.8) is 0 Å². The van der Waals surface area contributed by atoms with Crippen LogP contribution in [0.2, 0.25) is 18.1 Å². The highest BCUT2D eigenvalue weighted by molar-refractivity contribution is 6.74. The number of H-pyrrole nitrogens is 1. The van der Waals surface area contributed by atoms with E-state index in [0.717, 1.165) is 103 Å². The van der Waals surface area contributed by atoms with Gasteiger partial charge >= 0.3 is 6.09 Å². The number of amides is 1. The first-order valence-electron chi connectivity index (χ1n) is 23.7. The van der Waals surface area contributed by atoms with Crippen molar-refractivity contribution in [2.24, 2.45) is 5.92 Å². The normalized spacial score (nSPS) is 17.7. The van der Waals surface area contributed by atoms with E-state index >= 15 is 0 Å². The van der Waals surface area contributed by atoms with Crippen LogP contribution in [0.4, 0.5) is 10.5 Å². The number of aryl methyl sites for hydroxylation is 1. The smallest absolute Gasteiger partial charge is 0.412 e. The molecule has 3 aliphatic rings. The Balaban J connectivity index is 0.902. The number of hydrogen-bond acceptors (Lipinski definition) is 7. The number of nitrogens with zero attached hydrogens (tertiary/aromatic N) is 2. The van der Waals surface area contributed by atoms with Gasteiger partial charge in [0.25, 0.3) is 0 Å². The number of carboxylic acid groups (broad SMARTS) is 1. The monoisotopic (exact) mass is 906 g/mol. The van der Waals surface area contributed by atoms with E-state index in [1.54, 1.807) is 11.0 Å². The summed E-state index contributed by atoms with van der Waals surface area (Å²) >= 11 is 0. The number of carbonyl (C=O) groups is 1. The second-order valence-corrected chi connectivity index (χ2v) is 24.3. The number of aromatic nitrogens is 1. The third kappa shape index (κ3) is 11.3. The Morgan fingerprint density at radius 1 is 0.848 bits per heavy atom. The van der Waals surface area contributed by atoms with Crippen LogP contribution < -0.4 is 25.2 Å². The summed E-state index contributed by atoms with van der Waals surface area (Å²) in [4.78, 5) is 32.8. The van der Waals surface area contributed by atoms with E-state index in [1.165, 1.54) is 5.56 Å². The molecule has 3 fully saturated rings. The Hall–Kier alpha value is -5.72. The standard InChI is InChI=1S/C55H66N4O6Si/c1-55(2,3)66(4,5)65-51(46-23-25-50(53-47(46)24-26-52(60)57-53)64-38-41-14-8-6-9-15-41)36-56-30-27-40-16-12-20-44(34-40)63-33-13-17-39-21-22-45(42-18-10-7-11-19-42)48(35-39)59(54(61)62)49-37-58-31-28-43(49)29-32-58/h6-12,14-16,18-26,34-35,43,49,51,56H,13,17,27-33,36-38H2,1-5H3,(H,57,60)(H,61,62)/t49?,51-/m0/s1. The number of benzene rings is 5. The van der Waals surface area contributed by atoms with Gasteiger partial charge in [-0.15, -0.1) is 0 Å². The number of ether oxygens (including phenoxy) is 2. The van der Waals surface area contributed by atoms with Gasteiger partial charge in [-0.2, -0.15) is 0 Å². The lowest BCUT2D eigenvalue weighted by Crippen LogP contribution is -2.59. The fraction of sp³-hybridized carbons (Fsp3) is 0.382. The molecular weight excluding hydrogens is 841 g/mol. The highest BCUT2D eigenvalue weighted by Gasteiger charge is 2.41. The van der Waals surface area contributed by atoms with Crippen LogP contribution in [-0.4, -0.2) is 74.8 Å². The minimum atomic E-state index is -2.22. The minimum Gasteiger partial charge on any atom is -0.494 e. The van der Waals surface area contributed by atoms with E-state index in [0.29, 0.717) is 36.9 Å². The summed E-state index contributed by atoms with van der Waals surface area (Å²) in [6, 6.07) is 42.2. The Kier molecular flexibility index (Phi) is 14.8. The number of aromatic amines is 1. The number of rotatable bonds is 19. The van der Waals surface area contributed by atoms with E-state index in [9.17, 15) is 14.7 Å². The molecule has 1 unspecified atom stereocenters. The van der Waals surface area contributed by atoms with Gasteiger partial charge in [-0.1, -0.05) is 112 Å². The molecule has 3 saturated heterocycles. The molecule has 4 heterocycles. The molecule has 9 rings (SSSR count). The predicted molar refractivity (Wildman–Crippen MR) is 269 cm³/mol. The van der Waals surface area contributed by atoms with Gasteiger partial charge in [0.2, 0.25) is 5.56 Å². The van der Waals surface area contributed by atoms with Crippen LogP contribution in [0.15, 0.2) is 132 Å². The van der Waals surface area contributed by atoms with E-state index in [1.807, 2.05) is 72.8 Å². The maximum absolute atomic E-state index is 13.1. The molecule has 10 nitrogen and oxygen atoms in total. The number of pyridine rings is 1. The first-order chi connectivity index (χ1) is 31.8. The molecule has 0 saturated carbocycles. The molecule has 3 aliphatic heterocycles. The first kappa shape index (κ1) is 46.8. The zero-order chi connectivity index (χ0) is 46.3. The number of anilines is 1. The molecule has 11 heteroatoms. The fourth-order valence-corrected chi connectivity index (χ4v) is 10.6. The Morgan fingerprint density at radius 3 is 2.29 bits per heavy atom. The number of nitrogens with one attached hydrogen (secondary N) is 2. The Bertz CT molecular complexity index is 2620. The molecule has 0 radical (unpaired) electrons. The lowest BCUT2D eigenvalue weighted by atomic mass is 9.82. The molecule has 3 N–H and O–H groups in total. The molecule has 2 atom stereocenters. The number of piperidine rings is 3. The summed E-state index contributed by atoms with van der Waals surface area (Å²) < 4.78 is 19.7. The molecule has 66 heavy (non-hydrogen) atoms. The Morgan fingerprint density at radius 2 is 1.58 bits per heavy atom. The molecule has 6 aromatic rings. The van der Waals surface area contributed by atoms with Crippen molar-refractivity contribution in [2.45, 2.75) is 89.8 Å². The fourth-order valence-electron chi connectivity index (χ4n) is 9.30. The van der Waals surface area contributed by atoms with Crippen LogP contribution in [0.3, 0.4) is 0 Å². The number of hydrogen-bond donors (Lipinski definition) is 3. The average molecular weight is 907 g/mol. The zero-order valence-electron chi connectivity index (χ0n) is 39.2. The van der Waals surface area contributed by atoms with E-state index in [2.05, 4.69) is 97.6 Å². The van der Waals surface area contributed by atoms with Gasteiger partial charge < -0.3 is 34.2 Å². The maximum Gasteiger partial charge on any atom is 0.412 e. The van der Waals surface area contributed by atoms with Crippen LogP contribution in [0.1, 0.15) is 68.4 Å². The number of fused-ring (bicyclic) bond motifs is 4. The quantitative estimate of drug-likeness (QED) is 0.0544. The Labute approximate surface area is 391 Å². The van der Waals surface area contributed by atoms with E-state index in [-0.39, 0.29) is 22.7 Å². The molecule has 1 aromatic heterocycles. The second kappa shape index (κ2) is 20.8. The van der Waals surface area contributed by atoms with Crippen LogP contribution in [-0.2, 0) is 23.9 Å². The van der Waals surface area contributed by atoms with Crippen LogP contribution in [0, 0.1) is 5.92 Å². The molecule has 2 bridgehead atoms. The van der Waals surface area contributed by atoms with Gasteiger partial charge in [0.1, 0.15) is 18.1 Å². The maximum atomic E-state index is 13.1. The molecule has 1 amide bonds. The van der Waals surface area contributed by atoms with Crippen molar-refractivity contribution in [1.82, 2.24) is 15.2 Å². The molecular formula is C55H66N4O6Si. The summed E-state index contributed by atoms with van der Waals surface area (Å²) in [5, 5.41) is 15.3. The summed E-state index contributed by atoms with van der Waals surface area (Å²) in [7, 11) is -2.22. The molecule has 0 spiro atoms. The molecule has 5 aromatic carbocycles. The van der Waals surface area contributed by atoms with Crippen molar-refractivity contribution in [2.75, 3.05) is 44.2 Å². The third-order valence-corrected chi connectivity index (χ3v) is 18.5. The van der Waals surface area contributed by atoms with Gasteiger partial charge in [0.05, 0.1) is 30.0 Å². The van der Waals surface area contributed by atoms with Crippen molar-refractivity contribution < 1.29 is 23.8 Å². The lowest BCUT2D eigenvalue weighted by molar-refractivity contribution is 0.0837. The van der Waals surface area contributed by atoms with Crippen LogP contribution in [0.5, 0.6) is 11.5 Å². The summed E-state index contributed by atoms with van der Waals surface area (Å²) in [5.41, 5.74) is 7.58. The average Bonchev–Trinajstić information content (AvgIpc) is 3.31. The van der Waals surface area contributed by atoms with Gasteiger partial charge in [-0.25, -0.2) is 4.79 Å². The first-order valence-corrected chi connectivity index (χ1v) is 26.6. The third-order valence-electron chi connectivity index (χ3n) is 14.0. The highest BCUT2D eigenvalue weighted by Crippen LogP contribution is 2.42. The van der Waals surface area contributed by atoms with Crippen molar-refractivity contribution in [3.8, 4) is 22.6 Å². The largest absolute Gasteiger partial charge is 0.494 e. The molecule has 0 aliphatic carbocycles. The lowest BCUT2D eigenvalue weighted by Gasteiger charge is -2.48. The second-order valence-electron chi connectivity index (χ2n) is 19.5. The van der Waals surface area contributed by atoms with Gasteiger partial charge in [0.15, 0.2) is 8.32 Å². The van der Waals surface area contributed by atoms with E-state index in [4.69, 9.17) is 13.9 Å². The van der Waals surface area contributed by atoms with Crippen LogP contribution >= 0.6 is 0 Å². The highest BCUT2D eigenvalue weighted by atomic mass is 28.4. The van der Waals surface area contributed by atoms with Crippen molar-refractivity contribution >= 4 is 31.0 Å². The minimum absolute atomic E-state index is 0.00109. The molecule has 346 valence electrons. The van der Waals surface area contributed by atoms with Crippen LogP contribution in [0.25, 0.3) is 22.0 Å². The summed E-state index contributed by atoms with van der Waals surface area (Å²) in [6.07, 6.45) is 3.31. The summed E-state index contributed by atoms with van der Waals surface area (Å²) in [6.45, 7) is 16.5. The van der Waals surface area contributed by atoms with E-state index < -0.39 is 14.4 Å². The van der Waals surface area contributed by atoms with Gasteiger partial charge in [-0.3, -0.25) is 9.69 Å². The van der Waals surface area contributed by atoms with Gasteiger partial charge in [-0.05, 0) is 134 Å².